The van der Waals surface area contributed by atoms with Crippen LogP contribution in [0.5, 0.6) is 11.6 Å². The van der Waals surface area contributed by atoms with Gasteiger partial charge in [-0.05, 0) is 49.9 Å². The third-order valence-corrected chi connectivity index (χ3v) is 3.21. The number of anilines is 1. The Labute approximate surface area is 126 Å². The van der Waals surface area contributed by atoms with Crippen LogP contribution < -0.4 is 10.1 Å². The summed E-state index contributed by atoms with van der Waals surface area (Å²) in [6.07, 6.45) is 3.43. The van der Waals surface area contributed by atoms with E-state index in [0.29, 0.717) is 5.88 Å². The van der Waals surface area contributed by atoms with E-state index in [-0.39, 0.29) is 0 Å². The Morgan fingerprint density at radius 3 is 2.38 bits per heavy atom. The van der Waals surface area contributed by atoms with Gasteiger partial charge in [-0.15, -0.1) is 0 Å². The third-order valence-electron chi connectivity index (χ3n) is 3.21. The van der Waals surface area contributed by atoms with Crippen molar-refractivity contribution >= 4 is 5.82 Å². The van der Waals surface area contributed by atoms with Crippen molar-refractivity contribution in [3.8, 4) is 11.6 Å². The summed E-state index contributed by atoms with van der Waals surface area (Å²) < 4.78 is 5.99. The van der Waals surface area contributed by atoms with Crippen molar-refractivity contribution in [2.45, 2.75) is 40.5 Å². The van der Waals surface area contributed by atoms with Crippen molar-refractivity contribution in [1.29, 1.82) is 0 Å². The van der Waals surface area contributed by atoms with Crippen molar-refractivity contribution in [1.82, 2.24) is 9.97 Å². The van der Waals surface area contributed by atoms with Gasteiger partial charge in [-0.3, -0.25) is 0 Å². The number of hydrogen-bond donors (Lipinski definition) is 1. The van der Waals surface area contributed by atoms with Crippen molar-refractivity contribution < 1.29 is 4.74 Å². The van der Waals surface area contributed by atoms with E-state index in [1.54, 1.807) is 6.33 Å². The van der Waals surface area contributed by atoms with Gasteiger partial charge < -0.3 is 10.1 Å². The average molecular weight is 285 g/mol. The van der Waals surface area contributed by atoms with E-state index in [9.17, 15) is 0 Å². The molecular formula is C17H23N3O. The number of aromatic nitrogens is 2. The van der Waals surface area contributed by atoms with Gasteiger partial charge in [0.2, 0.25) is 5.88 Å². The standard InChI is InChI=1S/C17H23N3O/c1-5-7-18-16-15(6-2)17(20-11-19-16)21-14-9-12(3)8-13(4)10-14/h8-11H,5-7H2,1-4H3,(H,18,19,20). The molecule has 0 aliphatic rings. The van der Waals surface area contributed by atoms with E-state index in [0.717, 1.165) is 36.5 Å². The van der Waals surface area contributed by atoms with Gasteiger partial charge in [0.25, 0.3) is 0 Å². The van der Waals surface area contributed by atoms with E-state index in [2.05, 4.69) is 49.0 Å². The number of rotatable bonds is 6. The van der Waals surface area contributed by atoms with Gasteiger partial charge in [0.05, 0.1) is 5.56 Å². The number of benzene rings is 1. The van der Waals surface area contributed by atoms with E-state index >= 15 is 0 Å². The maximum Gasteiger partial charge on any atom is 0.227 e. The second-order valence-corrected chi connectivity index (χ2v) is 5.21. The van der Waals surface area contributed by atoms with Gasteiger partial charge in [-0.25, -0.2) is 9.97 Å². The van der Waals surface area contributed by atoms with Crippen LogP contribution >= 0.6 is 0 Å². The van der Waals surface area contributed by atoms with Crippen LogP contribution in [-0.2, 0) is 6.42 Å². The van der Waals surface area contributed by atoms with Crippen molar-refractivity contribution in [2.75, 3.05) is 11.9 Å². The fourth-order valence-corrected chi connectivity index (χ4v) is 2.30. The molecule has 0 saturated heterocycles. The Morgan fingerprint density at radius 2 is 1.76 bits per heavy atom. The fourth-order valence-electron chi connectivity index (χ4n) is 2.30. The predicted octanol–water partition coefficient (Wildman–Crippen LogP) is 4.27. The van der Waals surface area contributed by atoms with Crippen LogP contribution in [0.4, 0.5) is 5.82 Å². The molecule has 2 rings (SSSR count). The van der Waals surface area contributed by atoms with Crippen LogP contribution in [0.25, 0.3) is 0 Å². The lowest BCUT2D eigenvalue weighted by Gasteiger charge is -2.14. The zero-order valence-electron chi connectivity index (χ0n) is 13.2. The Balaban J connectivity index is 2.30. The first-order valence-corrected chi connectivity index (χ1v) is 7.48. The predicted molar refractivity (Wildman–Crippen MR) is 86.2 cm³/mol. The molecule has 4 heteroatoms. The number of ether oxygens (including phenoxy) is 1. The summed E-state index contributed by atoms with van der Waals surface area (Å²) in [4.78, 5) is 8.62. The van der Waals surface area contributed by atoms with Crippen LogP contribution in [-0.4, -0.2) is 16.5 Å². The summed E-state index contributed by atoms with van der Waals surface area (Å²) >= 11 is 0. The van der Waals surface area contributed by atoms with E-state index in [4.69, 9.17) is 4.74 Å². The van der Waals surface area contributed by atoms with Crippen molar-refractivity contribution in [3.63, 3.8) is 0 Å². The molecule has 0 radical (unpaired) electrons. The van der Waals surface area contributed by atoms with Gasteiger partial charge in [0, 0.05) is 6.54 Å². The van der Waals surface area contributed by atoms with Gasteiger partial charge >= 0.3 is 0 Å². The molecule has 0 spiro atoms. The summed E-state index contributed by atoms with van der Waals surface area (Å²) in [6, 6.07) is 6.17. The second-order valence-electron chi connectivity index (χ2n) is 5.21. The molecular weight excluding hydrogens is 262 g/mol. The normalized spacial score (nSPS) is 10.5. The molecule has 1 heterocycles. The SMILES string of the molecule is CCCNc1ncnc(Oc2cc(C)cc(C)c2)c1CC. The molecule has 0 amide bonds. The molecule has 0 aliphatic heterocycles. The average Bonchev–Trinajstić information content (AvgIpc) is 2.44. The zero-order chi connectivity index (χ0) is 15.2. The fraction of sp³-hybridized carbons (Fsp3) is 0.412. The number of aryl methyl sites for hydroxylation is 2. The number of nitrogens with one attached hydrogen (secondary N) is 1. The summed E-state index contributed by atoms with van der Waals surface area (Å²) in [5.74, 6) is 2.33. The van der Waals surface area contributed by atoms with Crippen LogP contribution in [0.2, 0.25) is 0 Å². The van der Waals surface area contributed by atoms with Crippen LogP contribution in [0, 0.1) is 13.8 Å². The van der Waals surface area contributed by atoms with E-state index in [1.165, 1.54) is 11.1 Å². The quantitative estimate of drug-likeness (QED) is 0.861. The molecule has 0 fully saturated rings. The van der Waals surface area contributed by atoms with Gasteiger partial charge in [-0.2, -0.15) is 0 Å². The lowest BCUT2D eigenvalue weighted by molar-refractivity contribution is 0.455. The van der Waals surface area contributed by atoms with Gasteiger partial charge in [0.15, 0.2) is 0 Å². The second kappa shape index (κ2) is 7.07. The smallest absolute Gasteiger partial charge is 0.227 e. The topological polar surface area (TPSA) is 47.0 Å². The van der Waals surface area contributed by atoms with Crippen molar-refractivity contribution in [2.24, 2.45) is 0 Å². The molecule has 2 aromatic rings. The van der Waals surface area contributed by atoms with Crippen LogP contribution in [0.3, 0.4) is 0 Å². The highest BCUT2D eigenvalue weighted by molar-refractivity contribution is 5.50. The molecule has 1 N–H and O–H groups in total. The molecule has 0 atom stereocenters. The Morgan fingerprint density at radius 1 is 1.05 bits per heavy atom. The minimum absolute atomic E-state index is 0.635. The highest BCUT2D eigenvalue weighted by Gasteiger charge is 2.11. The van der Waals surface area contributed by atoms with Crippen LogP contribution in [0.1, 0.15) is 37.0 Å². The maximum absolute atomic E-state index is 5.99. The Hall–Kier alpha value is -2.10. The highest BCUT2D eigenvalue weighted by Crippen LogP contribution is 2.28. The first kappa shape index (κ1) is 15.3. The minimum Gasteiger partial charge on any atom is -0.439 e. The number of nitrogens with zero attached hydrogens (tertiary/aromatic N) is 2. The Bertz CT molecular complexity index is 591. The molecule has 0 aliphatic carbocycles. The van der Waals surface area contributed by atoms with E-state index in [1.807, 2.05) is 12.1 Å². The molecule has 0 saturated carbocycles. The summed E-state index contributed by atoms with van der Waals surface area (Å²) in [5, 5.41) is 3.33. The minimum atomic E-state index is 0.635. The maximum atomic E-state index is 5.99. The zero-order valence-corrected chi connectivity index (χ0v) is 13.2. The van der Waals surface area contributed by atoms with E-state index < -0.39 is 0 Å². The largest absolute Gasteiger partial charge is 0.439 e. The summed E-state index contributed by atoms with van der Waals surface area (Å²) in [5.41, 5.74) is 3.38. The van der Waals surface area contributed by atoms with Gasteiger partial charge in [-0.1, -0.05) is 19.9 Å². The highest BCUT2D eigenvalue weighted by atomic mass is 16.5. The third kappa shape index (κ3) is 3.94. The molecule has 0 unspecified atom stereocenters. The first-order valence-electron chi connectivity index (χ1n) is 7.48. The summed E-state index contributed by atoms with van der Waals surface area (Å²) in [7, 11) is 0. The molecule has 1 aromatic heterocycles. The molecule has 0 bridgehead atoms. The molecule has 1 aromatic carbocycles. The monoisotopic (exact) mass is 285 g/mol. The molecule has 4 nitrogen and oxygen atoms in total. The van der Waals surface area contributed by atoms with Crippen molar-refractivity contribution in [3.05, 3.63) is 41.2 Å². The lowest BCUT2D eigenvalue weighted by atomic mass is 10.1. The Kier molecular flexibility index (Phi) is 5.14. The summed E-state index contributed by atoms with van der Waals surface area (Å²) in [6.45, 7) is 9.24. The van der Waals surface area contributed by atoms with Gasteiger partial charge in [0.1, 0.15) is 17.9 Å². The molecule has 21 heavy (non-hydrogen) atoms. The first-order chi connectivity index (χ1) is 10.1. The lowest BCUT2D eigenvalue weighted by Crippen LogP contribution is -2.07. The van der Waals surface area contributed by atoms with Crippen LogP contribution in [0.15, 0.2) is 24.5 Å². The number of hydrogen-bond acceptors (Lipinski definition) is 4. The molecule has 112 valence electrons.